The van der Waals surface area contributed by atoms with Crippen molar-refractivity contribution < 1.29 is 33.4 Å². The van der Waals surface area contributed by atoms with E-state index in [0.717, 1.165) is 5.57 Å². The summed E-state index contributed by atoms with van der Waals surface area (Å²) >= 11 is 0. The van der Waals surface area contributed by atoms with Gasteiger partial charge >= 0.3 is 12.1 Å². The van der Waals surface area contributed by atoms with Crippen LogP contribution in [-0.2, 0) is 28.6 Å². The minimum Gasteiger partial charge on any atom is -0.458 e. The summed E-state index contributed by atoms with van der Waals surface area (Å²) in [6, 6.07) is -0.702. The zero-order valence-corrected chi connectivity index (χ0v) is 22.0. The lowest BCUT2D eigenvalue weighted by molar-refractivity contribution is -0.171. The predicted octanol–water partition coefficient (Wildman–Crippen LogP) is 3.86. The molecule has 34 heavy (non-hydrogen) atoms. The Labute approximate surface area is 203 Å². The highest BCUT2D eigenvalue weighted by Crippen LogP contribution is 2.42. The van der Waals surface area contributed by atoms with E-state index >= 15 is 0 Å². The molecule has 0 aromatic rings. The van der Waals surface area contributed by atoms with Gasteiger partial charge in [0.25, 0.3) is 0 Å². The molecule has 0 aromatic heterocycles. The molecule has 2 fully saturated rings. The highest BCUT2D eigenvalue weighted by atomic mass is 16.6. The Hall–Kier alpha value is -2.22. The summed E-state index contributed by atoms with van der Waals surface area (Å²) in [6.45, 7) is 18.2. The minimum absolute atomic E-state index is 0.0728. The number of cyclic esters (lactones) is 1. The Bertz CT molecular complexity index is 854. The van der Waals surface area contributed by atoms with Crippen LogP contribution < -0.4 is 5.32 Å². The molecule has 8 heteroatoms. The molecule has 2 saturated heterocycles. The van der Waals surface area contributed by atoms with Crippen LogP contribution in [0, 0.1) is 29.6 Å². The highest BCUT2D eigenvalue weighted by molar-refractivity contribution is 6.00. The van der Waals surface area contributed by atoms with Crippen molar-refractivity contribution in [2.24, 2.45) is 29.6 Å². The largest absolute Gasteiger partial charge is 0.458 e. The van der Waals surface area contributed by atoms with E-state index in [9.17, 15) is 19.2 Å². The van der Waals surface area contributed by atoms with Crippen molar-refractivity contribution in [1.82, 2.24) is 5.32 Å². The van der Waals surface area contributed by atoms with E-state index in [1.807, 2.05) is 20.8 Å². The molecular weight excluding hydrogens is 438 g/mol. The molecule has 2 aliphatic rings. The lowest BCUT2D eigenvalue weighted by Crippen LogP contribution is -2.57. The van der Waals surface area contributed by atoms with Crippen LogP contribution in [0.5, 0.6) is 0 Å². The number of alkyl carbamates (subject to hydrolysis) is 1. The number of nitrogens with one attached hydrogen (secondary N) is 1. The van der Waals surface area contributed by atoms with Crippen molar-refractivity contribution in [3.63, 3.8) is 0 Å². The standard InChI is InChI=1S/C26H41NO7/c1-11-18-26(9)22(27-24(31)34-26)16(6)20(28)14(4)12-25(8,32-10)19(13(2)3)15(5)21(29)17(7)23(30)33-18/h14-19,22H,2,11-12H2,1,3-10H3,(H,27,31)/t14-,15-,16+,17-,18-,19-,22-,25-,26-/m1/s1. The Balaban J connectivity index is 2.65. The van der Waals surface area contributed by atoms with Crippen LogP contribution in [0.2, 0.25) is 0 Å². The van der Waals surface area contributed by atoms with E-state index < -0.39 is 65.0 Å². The first kappa shape index (κ1) is 28.0. The van der Waals surface area contributed by atoms with Crippen molar-refractivity contribution in [2.45, 2.75) is 91.6 Å². The smallest absolute Gasteiger partial charge is 0.408 e. The first-order valence-electron chi connectivity index (χ1n) is 12.1. The first-order chi connectivity index (χ1) is 15.6. The van der Waals surface area contributed by atoms with Crippen molar-refractivity contribution in [1.29, 1.82) is 0 Å². The number of amides is 1. The van der Waals surface area contributed by atoms with Gasteiger partial charge in [-0.1, -0.05) is 39.8 Å². The van der Waals surface area contributed by atoms with E-state index in [0.29, 0.717) is 12.8 Å². The number of ether oxygens (including phenoxy) is 3. The second-order valence-electron chi connectivity index (χ2n) is 10.6. The third kappa shape index (κ3) is 4.92. The Morgan fingerprint density at radius 3 is 2.18 bits per heavy atom. The number of rotatable bonds is 3. The highest BCUT2D eigenvalue weighted by Gasteiger charge is 2.56. The van der Waals surface area contributed by atoms with Gasteiger partial charge in [-0.3, -0.25) is 14.4 Å². The van der Waals surface area contributed by atoms with Crippen molar-refractivity contribution in [2.75, 3.05) is 7.11 Å². The maximum Gasteiger partial charge on any atom is 0.408 e. The van der Waals surface area contributed by atoms with Crippen LogP contribution in [0.1, 0.15) is 68.2 Å². The molecule has 0 bridgehead atoms. The van der Waals surface area contributed by atoms with Crippen LogP contribution in [0.15, 0.2) is 12.2 Å². The molecule has 2 rings (SSSR count). The molecular formula is C26H41NO7. The zero-order valence-electron chi connectivity index (χ0n) is 22.0. The number of ketones is 2. The molecule has 0 aromatic carbocycles. The minimum atomic E-state index is -1.26. The molecule has 1 amide bonds. The normalized spacial score (nSPS) is 42.2. The second-order valence-corrected chi connectivity index (χ2v) is 10.6. The molecule has 9 atom stereocenters. The third-order valence-corrected chi connectivity index (χ3v) is 8.00. The molecule has 192 valence electrons. The molecule has 1 N–H and O–H groups in total. The topological polar surface area (TPSA) is 108 Å². The van der Waals surface area contributed by atoms with E-state index in [4.69, 9.17) is 14.2 Å². The second kappa shape index (κ2) is 10.2. The molecule has 0 unspecified atom stereocenters. The number of carbonyl (C=O) groups excluding carboxylic acids is 4. The van der Waals surface area contributed by atoms with E-state index in [-0.39, 0.29) is 11.6 Å². The van der Waals surface area contributed by atoms with Gasteiger partial charge in [0.1, 0.15) is 23.6 Å². The number of methoxy groups -OCH3 is 1. The lowest BCUT2D eigenvalue weighted by atomic mass is 9.68. The van der Waals surface area contributed by atoms with Crippen LogP contribution in [0.3, 0.4) is 0 Å². The summed E-state index contributed by atoms with van der Waals surface area (Å²) < 4.78 is 17.3. The lowest BCUT2D eigenvalue weighted by Gasteiger charge is -2.43. The fourth-order valence-corrected chi connectivity index (χ4v) is 6.11. The van der Waals surface area contributed by atoms with Crippen LogP contribution in [-0.4, -0.2) is 54.1 Å². The van der Waals surface area contributed by atoms with Gasteiger partial charge in [0.05, 0.1) is 11.6 Å². The third-order valence-electron chi connectivity index (χ3n) is 8.00. The maximum atomic E-state index is 13.6. The summed E-state index contributed by atoms with van der Waals surface area (Å²) in [5.74, 6) is -4.14. The van der Waals surface area contributed by atoms with E-state index in [2.05, 4.69) is 11.9 Å². The zero-order chi connectivity index (χ0) is 26.2. The van der Waals surface area contributed by atoms with Gasteiger partial charge in [-0.15, -0.1) is 0 Å². The summed E-state index contributed by atoms with van der Waals surface area (Å²) in [5.41, 5.74) is -1.41. The summed E-state index contributed by atoms with van der Waals surface area (Å²) in [5, 5.41) is 2.76. The van der Waals surface area contributed by atoms with Crippen LogP contribution in [0.4, 0.5) is 4.79 Å². The van der Waals surface area contributed by atoms with Gasteiger partial charge in [-0.05, 0) is 40.5 Å². The molecule has 0 saturated carbocycles. The maximum absolute atomic E-state index is 13.6. The van der Waals surface area contributed by atoms with Crippen LogP contribution in [0.25, 0.3) is 0 Å². The number of esters is 1. The quantitative estimate of drug-likeness (QED) is 0.372. The monoisotopic (exact) mass is 479 g/mol. The average molecular weight is 480 g/mol. The fourth-order valence-electron chi connectivity index (χ4n) is 6.11. The number of Topliss-reactive ketones (excluding diaryl/α,β-unsaturated/α-hetero) is 2. The Morgan fingerprint density at radius 2 is 1.68 bits per heavy atom. The van der Waals surface area contributed by atoms with E-state index in [1.54, 1.807) is 34.8 Å². The van der Waals surface area contributed by atoms with Gasteiger partial charge in [-0.2, -0.15) is 0 Å². The number of hydrogen-bond acceptors (Lipinski definition) is 7. The molecule has 8 nitrogen and oxygen atoms in total. The summed E-state index contributed by atoms with van der Waals surface area (Å²) in [6.07, 6.45) is -0.808. The predicted molar refractivity (Wildman–Crippen MR) is 127 cm³/mol. The SMILES string of the molecule is C=C(C)[C@@H]1[C@@H](C)C(=O)[C@@H](C)C(=O)O[C@H](CC)[C@@]2(C)OC(=O)N[C@@H]2[C@@H](C)C(=O)[C@H](C)C[C@@]1(C)OC. The van der Waals surface area contributed by atoms with Crippen molar-refractivity contribution in [3.05, 3.63) is 12.2 Å². The summed E-state index contributed by atoms with van der Waals surface area (Å²) in [7, 11) is 1.56. The molecule has 0 spiro atoms. The molecule has 2 heterocycles. The Morgan fingerprint density at radius 1 is 1.09 bits per heavy atom. The molecule has 0 aliphatic carbocycles. The number of carbonyl (C=O) groups is 4. The van der Waals surface area contributed by atoms with Gasteiger partial charge in [-0.25, -0.2) is 4.79 Å². The van der Waals surface area contributed by atoms with Gasteiger partial charge in [0, 0.05) is 30.8 Å². The summed E-state index contributed by atoms with van der Waals surface area (Å²) in [4.78, 5) is 52.4. The van der Waals surface area contributed by atoms with E-state index in [1.165, 1.54) is 6.92 Å². The molecule has 0 radical (unpaired) electrons. The van der Waals surface area contributed by atoms with Crippen LogP contribution >= 0.6 is 0 Å². The van der Waals surface area contributed by atoms with Gasteiger partial charge in [0.2, 0.25) is 0 Å². The Kier molecular flexibility index (Phi) is 8.39. The van der Waals surface area contributed by atoms with Crippen molar-refractivity contribution in [3.8, 4) is 0 Å². The van der Waals surface area contributed by atoms with Crippen molar-refractivity contribution >= 4 is 23.6 Å². The number of hydrogen-bond donors (Lipinski definition) is 1. The van der Waals surface area contributed by atoms with Gasteiger partial charge in [0.15, 0.2) is 5.60 Å². The van der Waals surface area contributed by atoms with Gasteiger partial charge < -0.3 is 19.5 Å². The average Bonchev–Trinajstić information content (AvgIpc) is 3.08. The first-order valence-corrected chi connectivity index (χ1v) is 12.1. The number of fused-ring (bicyclic) bond motifs is 1. The fraction of sp³-hybridized carbons (Fsp3) is 0.769. The molecule has 2 aliphatic heterocycles.